The molecular formula is C18H30N2. The van der Waals surface area contributed by atoms with Crippen LogP contribution in [0.15, 0.2) is 24.3 Å². The van der Waals surface area contributed by atoms with Crippen LogP contribution in [0.2, 0.25) is 0 Å². The maximum absolute atomic E-state index is 6.26. The Labute approximate surface area is 124 Å². The lowest BCUT2D eigenvalue weighted by Gasteiger charge is -2.49. The molecule has 0 spiro atoms. The van der Waals surface area contributed by atoms with Gasteiger partial charge in [0.2, 0.25) is 0 Å². The second-order valence-electron chi connectivity index (χ2n) is 6.38. The normalized spacial score (nSPS) is 26.5. The first kappa shape index (κ1) is 15.4. The van der Waals surface area contributed by atoms with Crippen LogP contribution in [-0.2, 0) is 0 Å². The first-order valence-electron chi connectivity index (χ1n) is 8.19. The van der Waals surface area contributed by atoms with Crippen LogP contribution in [0.25, 0.3) is 0 Å². The summed E-state index contributed by atoms with van der Waals surface area (Å²) >= 11 is 0. The molecule has 20 heavy (non-hydrogen) atoms. The molecule has 0 bridgehead atoms. The Hall–Kier alpha value is -1.02. The third-order valence-corrected chi connectivity index (χ3v) is 5.11. The van der Waals surface area contributed by atoms with E-state index in [9.17, 15) is 0 Å². The largest absolute Gasteiger partial charge is 0.365 e. The number of aryl methyl sites for hydroxylation is 1. The molecular weight excluding hydrogens is 244 g/mol. The fourth-order valence-electron chi connectivity index (χ4n) is 3.87. The zero-order valence-corrected chi connectivity index (χ0v) is 13.4. The van der Waals surface area contributed by atoms with Crippen molar-refractivity contribution in [2.75, 3.05) is 18.0 Å². The molecule has 1 aromatic carbocycles. The molecule has 0 radical (unpaired) electrons. The van der Waals surface area contributed by atoms with Crippen molar-refractivity contribution in [3.8, 4) is 0 Å². The number of hydrogen-bond acceptors (Lipinski definition) is 2. The third kappa shape index (κ3) is 3.01. The SMILES string of the molecule is CCC1CCCC(CN)(N(CC)c2ccc(C)cc2)C1. The average molecular weight is 274 g/mol. The van der Waals surface area contributed by atoms with Gasteiger partial charge in [0.15, 0.2) is 0 Å². The Morgan fingerprint density at radius 3 is 2.50 bits per heavy atom. The molecule has 1 saturated carbocycles. The van der Waals surface area contributed by atoms with E-state index in [1.54, 1.807) is 0 Å². The summed E-state index contributed by atoms with van der Waals surface area (Å²) in [5.74, 6) is 0.840. The van der Waals surface area contributed by atoms with Crippen molar-refractivity contribution in [1.82, 2.24) is 0 Å². The molecule has 2 rings (SSSR count). The predicted molar refractivity (Wildman–Crippen MR) is 88.2 cm³/mol. The Balaban J connectivity index is 2.28. The summed E-state index contributed by atoms with van der Waals surface area (Å²) < 4.78 is 0. The van der Waals surface area contributed by atoms with Gasteiger partial charge in [0.1, 0.15) is 0 Å². The van der Waals surface area contributed by atoms with Crippen molar-refractivity contribution in [2.45, 2.75) is 58.4 Å². The molecule has 0 amide bonds. The molecule has 0 heterocycles. The average Bonchev–Trinajstić information content (AvgIpc) is 2.50. The summed E-state index contributed by atoms with van der Waals surface area (Å²) in [5, 5.41) is 0. The highest BCUT2D eigenvalue weighted by Gasteiger charge is 2.39. The van der Waals surface area contributed by atoms with E-state index in [0.29, 0.717) is 0 Å². The fourth-order valence-corrected chi connectivity index (χ4v) is 3.87. The van der Waals surface area contributed by atoms with Gasteiger partial charge in [-0.05, 0) is 44.7 Å². The summed E-state index contributed by atoms with van der Waals surface area (Å²) in [7, 11) is 0. The second-order valence-corrected chi connectivity index (χ2v) is 6.38. The van der Waals surface area contributed by atoms with Crippen LogP contribution < -0.4 is 10.6 Å². The lowest BCUT2D eigenvalue weighted by Crippen LogP contribution is -2.56. The lowest BCUT2D eigenvalue weighted by atomic mass is 9.73. The number of benzene rings is 1. The van der Waals surface area contributed by atoms with E-state index >= 15 is 0 Å². The van der Waals surface area contributed by atoms with Crippen molar-refractivity contribution in [2.24, 2.45) is 11.7 Å². The Morgan fingerprint density at radius 2 is 1.95 bits per heavy atom. The number of anilines is 1. The smallest absolute Gasteiger partial charge is 0.0526 e. The van der Waals surface area contributed by atoms with E-state index in [-0.39, 0.29) is 5.54 Å². The van der Waals surface area contributed by atoms with E-state index in [1.807, 2.05) is 0 Å². The molecule has 1 fully saturated rings. The number of hydrogen-bond donors (Lipinski definition) is 1. The standard InChI is InChI=1S/C18H30N2/c1-4-16-7-6-12-18(13-16,14-19)20(5-2)17-10-8-15(3)9-11-17/h8-11,16H,4-7,12-14,19H2,1-3H3. The van der Waals surface area contributed by atoms with Crippen molar-refractivity contribution in [3.63, 3.8) is 0 Å². The van der Waals surface area contributed by atoms with Crippen molar-refractivity contribution >= 4 is 5.69 Å². The zero-order chi connectivity index (χ0) is 14.6. The molecule has 1 aliphatic rings. The van der Waals surface area contributed by atoms with Gasteiger partial charge in [-0.3, -0.25) is 0 Å². The van der Waals surface area contributed by atoms with Crippen LogP contribution in [-0.4, -0.2) is 18.6 Å². The Bertz CT molecular complexity index is 412. The molecule has 0 aromatic heterocycles. The van der Waals surface area contributed by atoms with E-state index in [2.05, 4.69) is 49.9 Å². The molecule has 2 atom stereocenters. The minimum Gasteiger partial charge on any atom is -0.365 e. The van der Waals surface area contributed by atoms with Crippen molar-refractivity contribution in [1.29, 1.82) is 0 Å². The third-order valence-electron chi connectivity index (χ3n) is 5.11. The minimum atomic E-state index is 0.170. The maximum atomic E-state index is 6.26. The van der Waals surface area contributed by atoms with Gasteiger partial charge in [-0.2, -0.15) is 0 Å². The first-order valence-corrected chi connectivity index (χ1v) is 8.19. The molecule has 0 aliphatic heterocycles. The molecule has 2 N–H and O–H groups in total. The summed E-state index contributed by atoms with van der Waals surface area (Å²) in [6.07, 6.45) is 6.47. The van der Waals surface area contributed by atoms with E-state index in [0.717, 1.165) is 19.0 Å². The summed E-state index contributed by atoms with van der Waals surface area (Å²) in [4.78, 5) is 2.56. The fraction of sp³-hybridized carbons (Fsp3) is 0.667. The molecule has 1 aromatic rings. The Kier molecular flexibility index (Phi) is 5.09. The molecule has 1 aliphatic carbocycles. The maximum Gasteiger partial charge on any atom is 0.0526 e. The van der Waals surface area contributed by atoms with Gasteiger partial charge >= 0.3 is 0 Å². The van der Waals surface area contributed by atoms with E-state index in [4.69, 9.17) is 5.73 Å². The monoisotopic (exact) mass is 274 g/mol. The van der Waals surface area contributed by atoms with Gasteiger partial charge in [-0.25, -0.2) is 0 Å². The molecule has 2 unspecified atom stereocenters. The minimum absolute atomic E-state index is 0.170. The summed E-state index contributed by atoms with van der Waals surface area (Å²) in [6.45, 7) is 8.53. The van der Waals surface area contributed by atoms with Gasteiger partial charge in [0.25, 0.3) is 0 Å². The predicted octanol–water partition coefficient (Wildman–Crippen LogP) is 4.12. The highest BCUT2D eigenvalue weighted by molar-refractivity contribution is 5.50. The molecule has 2 nitrogen and oxygen atoms in total. The molecule has 0 saturated heterocycles. The van der Waals surface area contributed by atoms with E-state index < -0.39 is 0 Å². The summed E-state index contributed by atoms with van der Waals surface area (Å²) in [6, 6.07) is 8.93. The van der Waals surface area contributed by atoms with Gasteiger partial charge in [0.05, 0.1) is 5.54 Å². The summed E-state index contributed by atoms with van der Waals surface area (Å²) in [5.41, 5.74) is 9.08. The highest BCUT2D eigenvalue weighted by Crippen LogP contribution is 2.39. The van der Waals surface area contributed by atoms with Gasteiger partial charge in [-0.15, -0.1) is 0 Å². The van der Waals surface area contributed by atoms with Gasteiger partial charge < -0.3 is 10.6 Å². The lowest BCUT2D eigenvalue weighted by molar-refractivity contribution is 0.213. The topological polar surface area (TPSA) is 29.3 Å². The number of rotatable bonds is 5. The van der Waals surface area contributed by atoms with Crippen LogP contribution in [0.1, 0.15) is 51.5 Å². The van der Waals surface area contributed by atoms with E-state index in [1.165, 1.54) is 43.4 Å². The van der Waals surface area contributed by atoms with Crippen molar-refractivity contribution in [3.05, 3.63) is 29.8 Å². The van der Waals surface area contributed by atoms with Crippen LogP contribution in [0.5, 0.6) is 0 Å². The number of nitrogens with zero attached hydrogens (tertiary/aromatic N) is 1. The highest BCUT2D eigenvalue weighted by atomic mass is 15.2. The van der Waals surface area contributed by atoms with Gasteiger partial charge in [-0.1, -0.05) is 43.9 Å². The van der Waals surface area contributed by atoms with Crippen LogP contribution in [0.3, 0.4) is 0 Å². The van der Waals surface area contributed by atoms with Crippen LogP contribution in [0.4, 0.5) is 5.69 Å². The van der Waals surface area contributed by atoms with Crippen LogP contribution >= 0.6 is 0 Å². The molecule has 112 valence electrons. The van der Waals surface area contributed by atoms with Crippen molar-refractivity contribution < 1.29 is 0 Å². The second kappa shape index (κ2) is 6.62. The Morgan fingerprint density at radius 1 is 1.25 bits per heavy atom. The number of nitrogens with two attached hydrogens (primary N) is 1. The first-order chi connectivity index (χ1) is 9.65. The molecule has 2 heteroatoms. The number of likely N-dealkylation sites (N-methyl/N-ethyl adjacent to an activating group) is 1. The quantitative estimate of drug-likeness (QED) is 0.875. The zero-order valence-electron chi connectivity index (χ0n) is 13.4. The van der Waals surface area contributed by atoms with Gasteiger partial charge in [0, 0.05) is 18.8 Å². The van der Waals surface area contributed by atoms with Crippen LogP contribution in [0, 0.1) is 12.8 Å².